The fraction of sp³-hybridized carbons (Fsp3) is 0.364. The zero-order valence-electron chi connectivity index (χ0n) is 8.90. The van der Waals surface area contributed by atoms with E-state index < -0.39 is 18.2 Å². The molecule has 0 heterocycles. The molecule has 0 spiro atoms. The number of aryl methyl sites for hydroxylation is 1. The number of halogens is 1. The Labute approximate surface area is 92.5 Å². The molecule has 0 aliphatic rings. The van der Waals surface area contributed by atoms with Crippen molar-refractivity contribution in [2.45, 2.75) is 18.9 Å². The van der Waals surface area contributed by atoms with Crippen molar-refractivity contribution in [3.63, 3.8) is 0 Å². The molecule has 4 nitrogen and oxygen atoms in total. The first-order valence-corrected chi connectivity index (χ1v) is 4.76. The molecule has 0 fully saturated rings. The van der Waals surface area contributed by atoms with Gasteiger partial charge in [0, 0.05) is 6.42 Å². The smallest absolute Gasteiger partial charge is 0.326 e. The number of para-hydroxylation sites is 1. The average Bonchev–Trinajstić information content (AvgIpc) is 2.24. The molecule has 1 rings (SSSR count). The molecule has 0 radical (unpaired) electrons. The van der Waals surface area contributed by atoms with E-state index in [1.54, 1.807) is 19.1 Å². The number of aromatic hydroxyl groups is 1. The molecular formula is C11H14FNO3. The molecule has 0 aliphatic carbocycles. The molecule has 0 saturated carbocycles. The van der Waals surface area contributed by atoms with Crippen molar-refractivity contribution < 1.29 is 19.4 Å². The summed E-state index contributed by atoms with van der Waals surface area (Å²) in [5, 5.41) is 18.5. The SMILES string of the molecule is Cc1cccc(CC(N)(CF)C(=O)O)c1O. The summed E-state index contributed by atoms with van der Waals surface area (Å²) in [6.45, 7) is 0.489. The molecule has 5 heteroatoms. The van der Waals surface area contributed by atoms with Crippen LogP contribution in [-0.2, 0) is 11.2 Å². The number of hydrogen-bond donors (Lipinski definition) is 3. The van der Waals surface area contributed by atoms with Gasteiger partial charge < -0.3 is 15.9 Å². The monoisotopic (exact) mass is 227 g/mol. The van der Waals surface area contributed by atoms with Gasteiger partial charge in [-0.05, 0) is 18.1 Å². The Morgan fingerprint density at radius 2 is 2.19 bits per heavy atom. The second-order valence-electron chi connectivity index (χ2n) is 3.85. The van der Waals surface area contributed by atoms with Gasteiger partial charge in [-0.15, -0.1) is 0 Å². The van der Waals surface area contributed by atoms with Crippen molar-refractivity contribution in [3.05, 3.63) is 29.3 Å². The molecule has 0 amide bonds. The van der Waals surface area contributed by atoms with Crippen LogP contribution in [0.2, 0.25) is 0 Å². The van der Waals surface area contributed by atoms with E-state index in [1.807, 2.05) is 0 Å². The fourth-order valence-corrected chi connectivity index (χ4v) is 1.38. The van der Waals surface area contributed by atoms with Crippen LogP contribution in [0, 0.1) is 6.92 Å². The van der Waals surface area contributed by atoms with E-state index in [-0.39, 0.29) is 12.2 Å². The Kier molecular flexibility index (Phi) is 3.49. The topological polar surface area (TPSA) is 83.6 Å². The van der Waals surface area contributed by atoms with Crippen molar-refractivity contribution in [1.29, 1.82) is 0 Å². The maximum absolute atomic E-state index is 12.6. The fourth-order valence-electron chi connectivity index (χ4n) is 1.38. The molecule has 16 heavy (non-hydrogen) atoms. The summed E-state index contributed by atoms with van der Waals surface area (Å²) in [6, 6.07) is 4.86. The van der Waals surface area contributed by atoms with E-state index in [0.29, 0.717) is 11.1 Å². The Bertz CT molecular complexity index is 408. The number of rotatable bonds is 4. The van der Waals surface area contributed by atoms with Crippen LogP contribution in [0.4, 0.5) is 4.39 Å². The molecule has 1 aromatic rings. The first kappa shape index (κ1) is 12.4. The van der Waals surface area contributed by atoms with Crippen molar-refractivity contribution in [2.75, 3.05) is 6.67 Å². The Hall–Kier alpha value is -1.62. The van der Waals surface area contributed by atoms with E-state index in [9.17, 15) is 14.3 Å². The molecule has 1 atom stereocenters. The second kappa shape index (κ2) is 4.49. The maximum atomic E-state index is 12.6. The van der Waals surface area contributed by atoms with Crippen LogP contribution < -0.4 is 5.73 Å². The molecule has 0 aliphatic heterocycles. The summed E-state index contributed by atoms with van der Waals surface area (Å²) in [5.41, 5.74) is 4.36. The van der Waals surface area contributed by atoms with Gasteiger partial charge in [-0.1, -0.05) is 18.2 Å². The lowest BCUT2D eigenvalue weighted by Gasteiger charge is -2.21. The van der Waals surface area contributed by atoms with Crippen molar-refractivity contribution in [3.8, 4) is 5.75 Å². The summed E-state index contributed by atoms with van der Waals surface area (Å²) < 4.78 is 12.6. The lowest BCUT2D eigenvalue weighted by atomic mass is 9.92. The van der Waals surface area contributed by atoms with Crippen LogP contribution in [0.25, 0.3) is 0 Å². The molecule has 1 aromatic carbocycles. The molecule has 1 unspecified atom stereocenters. The molecular weight excluding hydrogens is 213 g/mol. The van der Waals surface area contributed by atoms with E-state index in [1.165, 1.54) is 6.07 Å². The molecule has 0 aromatic heterocycles. The summed E-state index contributed by atoms with van der Waals surface area (Å²) in [5.74, 6) is -1.46. The van der Waals surface area contributed by atoms with Crippen molar-refractivity contribution >= 4 is 5.97 Å². The van der Waals surface area contributed by atoms with Gasteiger partial charge in [0.05, 0.1) is 0 Å². The largest absolute Gasteiger partial charge is 0.507 e. The van der Waals surface area contributed by atoms with Crippen LogP contribution in [0.1, 0.15) is 11.1 Å². The zero-order valence-corrected chi connectivity index (χ0v) is 8.90. The molecule has 88 valence electrons. The summed E-state index contributed by atoms with van der Waals surface area (Å²) in [4.78, 5) is 10.8. The summed E-state index contributed by atoms with van der Waals surface area (Å²) >= 11 is 0. The van der Waals surface area contributed by atoms with Crippen LogP contribution >= 0.6 is 0 Å². The Morgan fingerprint density at radius 1 is 1.56 bits per heavy atom. The third kappa shape index (κ3) is 2.30. The highest BCUT2D eigenvalue weighted by atomic mass is 19.1. The second-order valence-corrected chi connectivity index (χ2v) is 3.85. The third-order valence-electron chi connectivity index (χ3n) is 2.49. The highest BCUT2D eigenvalue weighted by Crippen LogP contribution is 2.25. The Balaban J connectivity index is 3.04. The van der Waals surface area contributed by atoms with Crippen LogP contribution in [0.15, 0.2) is 18.2 Å². The predicted octanol–water partition coefficient (Wildman–Crippen LogP) is 0.995. The van der Waals surface area contributed by atoms with Gasteiger partial charge in [0.1, 0.15) is 18.0 Å². The number of nitrogens with two attached hydrogens (primary N) is 1. The number of phenols is 1. The number of aliphatic carboxylic acids is 1. The minimum Gasteiger partial charge on any atom is -0.507 e. The van der Waals surface area contributed by atoms with Crippen LogP contribution in [0.3, 0.4) is 0 Å². The van der Waals surface area contributed by atoms with Gasteiger partial charge in [0.2, 0.25) is 0 Å². The standard InChI is InChI=1S/C11H14FNO3/c1-7-3-2-4-8(9(7)14)5-11(13,6-12)10(15)16/h2-4,14H,5-6,13H2,1H3,(H,15,16). The highest BCUT2D eigenvalue weighted by molar-refractivity contribution is 5.79. The lowest BCUT2D eigenvalue weighted by Crippen LogP contribution is -2.52. The number of hydrogen-bond acceptors (Lipinski definition) is 3. The zero-order chi connectivity index (χ0) is 12.3. The number of carboxylic acids is 1. The van der Waals surface area contributed by atoms with E-state index >= 15 is 0 Å². The first-order chi connectivity index (χ1) is 7.40. The average molecular weight is 227 g/mol. The predicted molar refractivity (Wildman–Crippen MR) is 57.1 cm³/mol. The number of alkyl halides is 1. The normalized spacial score (nSPS) is 14.4. The van der Waals surface area contributed by atoms with E-state index in [2.05, 4.69) is 0 Å². The van der Waals surface area contributed by atoms with Crippen LogP contribution in [0.5, 0.6) is 5.75 Å². The van der Waals surface area contributed by atoms with Crippen LogP contribution in [-0.4, -0.2) is 28.4 Å². The minimum atomic E-state index is -1.98. The van der Waals surface area contributed by atoms with Gasteiger partial charge >= 0.3 is 5.97 Å². The van der Waals surface area contributed by atoms with Gasteiger partial charge in [-0.3, -0.25) is 4.79 Å². The number of carbonyl (C=O) groups is 1. The number of carboxylic acid groups (broad SMARTS) is 1. The highest BCUT2D eigenvalue weighted by Gasteiger charge is 2.35. The first-order valence-electron chi connectivity index (χ1n) is 4.76. The summed E-state index contributed by atoms with van der Waals surface area (Å²) in [6.07, 6.45) is -0.244. The van der Waals surface area contributed by atoms with Crippen molar-refractivity contribution in [1.82, 2.24) is 0 Å². The van der Waals surface area contributed by atoms with Gasteiger partial charge in [0.25, 0.3) is 0 Å². The van der Waals surface area contributed by atoms with Gasteiger partial charge in [0.15, 0.2) is 0 Å². The van der Waals surface area contributed by atoms with Crippen molar-refractivity contribution in [2.24, 2.45) is 5.73 Å². The number of phenolic OH excluding ortho intramolecular Hbond substituents is 1. The maximum Gasteiger partial charge on any atom is 0.326 e. The van der Waals surface area contributed by atoms with E-state index in [4.69, 9.17) is 10.8 Å². The molecule has 0 bridgehead atoms. The quantitative estimate of drug-likeness (QED) is 0.716. The molecule has 4 N–H and O–H groups in total. The van der Waals surface area contributed by atoms with Gasteiger partial charge in [-0.25, -0.2) is 4.39 Å². The minimum absolute atomic E-state index is 0.0352. The Morgan fingerprint density at radius 3 is 2.69 bits per heavy atom. The molecule has 0 saturated heterocycles. The lowest BCUT2D eigenvalue weighted by molar-refractivity contribution is -0.143. The number of benzene rings is 1. The summed E-state index contributed by atoms with van der Waals surface area (Å²) in [7, 11) is 0. The van der Waals surface area contributed by atoms with E-state index in [0.717, 1.165) is 0 Å². The third-order valence-corrected chi connectivity index (χ3v) is 2.49. The van der Waals surface area contributed by atoms with Gasteiger partial charge in [-0.2, -0.15) is 0 Å².